The van der Waals surface area contributed by atoms with Gasteiger partial charge in [-0.1, -0.05) is 13.2 Å². The molecule has 0 unspecified atom stereocenters. The number of carbonyl (C=O) groups excluding carboxylic acids is 3. The summed E-state index contributed by atoms with van der Waals surface area (Å²) in [6.45, 7) is 6.05. The molecule has 9 heteroatoms. The zero-order valence-corrected chi connectivity index (χ0v) is 6.11. The molecule has 16 heavy (non-hydrogen) atoms. The molecule has 0 aliphatic heterocycles. The minimum atomic E-state index is -1.40. The molecule has 0 aromatic carbocycles. The quantitative estimate of drug-likeness (QED) is 0.243. The summed E-state index contributed by atoms with van der Waals surface area (Å²) >= 11 is 0. The molecule has 0 N–H and O–H groups in total. The normalized spacial score (nSPS) is 6.00. The summed E-state index contributed by atoms with van der Waals surface area (Å²) in [6, 6.07) is 0. The Kier molecular flexibility index (Phi) is 38.8. The third-order valence-corrected chi connectivity index (χ3v) is 0.701. The van der Waals surface area contributed by atoms with Crippen molar-refractivity contribution in [2.45, 2.75) is 0 Å². The van der Waals surface area contributed by atoms with E-state index in [4.69, 9.17) is 0 Å². The van der Waals surface area contributed by atoms with Crippen LogP contribution in [0.4, 0.5) is 4.79 Å². The molecule has 0 aromatic rings. The molecule has 0 fully saturated rings. The van der Waals surface area contributed by atoms with Gasteiger partial charge in [0.15, 0.2) is 0 Å². The van der Waals surface area contributed by atoms with E-state index in [1.54, 1.807) is 0 Å². The van der Waals surface area contributed by atoms with Gasteiger partial charge in [-0.2, -0.15) is 0 Å². The van der Waals surface area contributed by atoms with Crippen LogP contribution < -0.4 is 0 Å². The molecule has 0 heterocycles. The van der Waals surface area contributed by atoms with Crippen molar-refractivity contribution in [2.24, 2.45) is 0 Å². The Morgan fingerprint density at radius 1 is 0.812 bits per heavy atom. The maximum atomic E-state index is 10.4. The van der Waals surface area contributed by atoms with Gasteiger partial charge in [0.05, 0.1) is 0 Å². The zero-order chi connectivity index (χ0) is 9.56. The van der Waals surface area contributed by atoms with Gasteiger partial charge in [-0.15, -0.1) is 0 Å². The molecule has 0 saturated heterocycles. The van der Waals surface area contributed by atoms with Crippen molar-refractivity contribution in [3.05, 3.63) is 25.3 Å². The Labute approximate surface area is 197 Å². The van der Waals surface area contributed by atoms with Crippen molar-refractivity contribution in [1.82, 2.24) is 0 Å². The fourth-order valence-electron chi connectivity index (χ4n) is 0.268. The van der Waals surface area contributed by atoms with Crippen LogP contribution in [0.25, 0.3) is 0 Å². The topological polar surface area (TPSA) is 69.7 Å². The molecule has 0 aliphatic carbocycles. The molecule has 0 radical (unpaired) electrons. The first-order valence-corrected chi connectivity index (χ1v) is 2.82. The Balaban J connectivity index is -0.000000101. The van der Waals surface area contributed by atoms with Crippen molar-refractivity contribution < 1.29 is 23.9 Å². The molecule has 0 bridgehead atoms. The second-order valence-electron chi connectivity index (χ2n) is 1.50. The monoisotopic (exact) mass is 302 g/mol. The zero-order valence-electron chi connectivity index (χ0n) is 6.11. The summed E-state index contributed by atoms with van der Waals surface area (Å²) in [5, 5.41) is 0. The van der Waals surface area contributed by atoms with Crippen LogP contribution in [-0.2, 0) is 19.1 Å². The maximum absolute atomic E-state index is 10.4. The number of rotatable bonds is 2. The number of hydrogen-bond donors (Lipinski definition) is 0. The number of hydrogen-bond acceptors (Lipinski definition) is 5. The average Bonchev–Trinajstić information content (AvgIpc) is 2.03. The fraction of sp³-hybridized carbons (Fsp3) is 0. The van der Waals surface area contributed by atoms with Gasteiger partial charge in [0.2, 0.25) is 0 Å². The van der Waals surface area contributed by atoms with Crippen molar-refractivity contribution in [3.8, 4) is 0 Å². The van der Waals surface area contributed by atoms with E-state index in [-0.39, 0.29) is 135 Å². The minimum absolute atomic E-state index is 0. The molecular formula is C7H12Ca2Na2O5. The average molecular weight is 302 g/mol. The summed E-state index contributed by atoms with van der Waals surface area (Å²) in [5.74, 6) is -1.98. The third-order valence-electron chi connectivity index (χ3n) is 0.701. The molecule has 0 amide bonds. The van der Waals surface area contributed by atoms with Gasteiger partial charge in [-0.25, -0.2) is 14.4 Å². The van der Waals surface area contributed by atoms with Gasteiger partial charge < -0.3 is 9.47 Å². The van der Waals surface area contributed by atoms with Gasteiger partial charge in [-0.05, 0) is 0 Å². The van der Waals surface area contributed by atoms with Gasteiger partial charge in [0, 0.05) is 12.2 Å². The van der Waals surface area contributed by atoms with Gasteiger partial charge in [0.25, 0.3) is 0 Å². The molecule has 0 spiro atoms. The number of ether oxygens (including phenoxy) is 2. The van der Waals surface area contributed by atoms with Crippen LogP contribution in [0.5, 0.6) is 0 Å². The first-order chi connectivity index (χ1) is 5.60. The Bertz CT molecular complexity index is 233. The van der Waals surface area contributed by atoms with Crippen LogP contribution in [0, 0.1) is 0 Å². The van der Waals surface area contributed by atoms with Crippen LogP contribution in [0.3, 0.4) is 0 Å². The number of carbonyl (C=O) groups is 3. The fourth-order valence-corrected chi connectivity index (χ4v) is 0.268. The summed E-state index contributed by atoms with van der Waals surface area (Å²) in [6.07, 6.45) is 0.129. The summed E-state index contributed by atoms with van der Waals surface area (Å²) in [5.41, 5.74) is 0. The van der Waals surface area contributed by atoms with Crippen LogP contribution in [-0.4, -0.2) is 153 Å². The third kappa shape index (κ3) is 19.0. The first-order valence-electron chi connectivity index (χ1n) is 2.82. The van der Waals surface area contributed by atoms with Crippen LogP contribution >= 0.6 is 0 Å². The Morgan fingerprint density at radius 3 is 1.25 bits per heavy atom. The predicted octanol–water partition coefficient (Wildman–Crippen LogP) is -2.56. The van der Waals surface area contributed by atoms with E-state index < -0.39 is 18.1 Å². The van der Waals surface area contributed by atoms with Gasteiger partial charge in [0.1, 0.15) is 0 Å². The summed E-state index contributed by atoms with van der Waals surface area (Å²) in [4.78, 5) is 31.0. The second kappa shape index (κ2) is 19.9. The molecule has 0 saturated carbocycles. The molecule has 0 rings (SSSR count). The van der Waals surface area contributed by atoms with Crippen LogP contribution in [0.15, 0.2) is 25.3 Å². The molecular weight excluding hydrogens is 290 g/mol. The number of esters is 2. The van der Waals surface area contributed by atoms with Crippen molar-refractivity contribution >= 4 is 153 Å². The molecule has 76 valence electrons. The van der Waals surface area contributed by atoms with E-state index in [9.17, 15) is 14.4 Å². The van der Waals surface area contributed by atoms with E-state index in [0.29, 0.717) is 0 Å². The van der Waals surface area contributed by atoms with Crippen LogP contribution in [0.2, 0.25) is 0 Å². The second-order valence-corrected chi connectivity index (χ2v) is 1.50. The Morgan fingerprint density at radius 2 is 1.06 bits per heavy atom. The summed E-state index contributed by atoms with van der Waals surface area (Å²) < 4.78 is 7.77. The van der Waals surface area contributed by atoms with E-state index >= 15 is 0 Å². The summed E-state index contributed by atoms with van der Waals surface area (Å²) in [7, 11) is 0. The predicted molar refractivity (Wildman–Crippen MR) is 69.4 cm³/mol. The Hall–Kier alpha value is 2.61. The molecule has 0 atom stereocenters. The van der Waals surface area contributed by atoms with E-state index in [1.165, 1.54) is 0 Å². The van der Waals surface area contributed by atoms with E-state index in [1.807, 2.05) is 0 Å². The van der Waals surface area contributed by atoms with Gasteiger partial charge in [-0.3, -0.25) is 0 Å². The molecule has 0 aromatic heterocycles. The van der Waals surface area contributed by atoms with Crippen molar-refractivity contribution in [1.29, 1.82) is 0 Å². The molecule has 0 aliphatic rings. The van der Waals surface area contributed by atoms with Crippen molar-refractivity contribution in [3.63, 3.8) is 0 Å². The van der Waals surface area contributed by atoms with Crippen molar-refractivity contribution in [2.75, 3.05) is 0 Å². The van der Waals surface area contributed by atoms with Crippen LogP contribution in [0.1, 0.15) is 0 Å². The standard InChI is InChI=1S/C7H6O5.2Ca.2Na.6H/c1-3-5(8)11-7(10)12-6(9)4-2;;;;;;;;;;/h3-4H,1-2H2;;;;;;;;;;. The first kappa shape index (κ1) is 31.2. The van der Waals surface area contributed by atoms with E-state index in [0.717, 1.165) is 12.2 Å². The molecule has 5 nitrogen and oxygen atoms in total. The van der Waals surface area contributed by atoms with Gasteiger partial charge >= 0.3 is 153 Å². The SMILES string of the molecule is C=CC(=O)OC(=O)OC(=O)C=C.[CaH2].[CaH2].[NaH].[NaH]. The van der Waals surface area contributed by atoms with E-state index in [2.05, 4.69) is 22.6 Å².